The summed E-state index contributed by atoms with van der Waals surface area (Å²) < 4.78 is 34.6. The van der Waals surface area contributed by atoms with Crippen molar-refractivity contribution in [2.45, 2.75) is 43.6 Å². The minimum absolute atomic E-state index is 0.0842. The molecule has 190 valence electrons. The second kappa shape index (κ2) is 9.55. The zero-order chi connectivity index (χ0) is 24.6. The van der Waals surface area contributed by atoms with E-state index >= 15 is 0 Å². The predicted molar refractivity (Wildman–Crippen MR) is 133 cm³/mol. The number of ether oxygens (including phenoxy) is 1. The molecule has 2 aromatic rings. The van der Waals surface area contributed by atoms with Crippen LogP contribution >= 0.6 is 0 Å². The van der Waals surface area contributed by atoms with Gasteiger partial charge in [-0.1, -0.05) is 17.7 Å². The fourth-order valence-electron chi connectivity index (χ4n) is 5.55. The molecule has 3 aliphatic rings. The first-order chi connectivity index (χ1) is 16.7. The number of rotatable bonds is 6. The molecule has 4 heterocycles. The summed E-state index contributed by atoms with van der Waals surface area (Å²) in [6, 6.07) is 8.70. The van der Waals surface area contributed by atoms with E-state index in [1.807, 2.05) is 0 Å². The topological polar surface area (TPSA) is 88.0 Å². The highest BCUT2D eigenvalue weighted by molar-refractivity contribution is 7.89. The van der Waals surface area contributed by atoms with Crippen molar-refractivity contribution in [2.24, 2.45) is 12.5 Å². The van der Waals surface area contributed by atoms with Crippen LogP contribution in [0.15, 0.2) is 41.6 Å². The largest absolute Gasteiger partial charge is 0.462 e. The lowest BCUT2D eigenvalue weighted by Crippen LogP contribution is -2.47. The van der Waals surface area contributed by atoms with Gasteiger partial charge in [0.1, 0.15) is 11.0 Å². The molecule has 35 heavy (non-hydrogen) atoms. The first-order valence-electron chi connectivity index (χ1n) is 12.5. The number of hydrogen-bond donors (Lipinski definition) is 0. The van der Waals surface area contributed by atoms with Crippen LogP contribution in [0.25, 0.3) is 0 Å². The van der Waals surface area contributed by atoms with Gasteiger partial charge in [-0.3, -0.25) is 14.4 Å². The third-order valence-electron chi connectivity index (χ3n) is 7.86. The Balaban J connectivity index is 1.10. The number of esters is 1. The minimum Gasteiger partial charge on any atom is -0.462 e. The number of anilines is 1. The lowest BCUT2D eigenvalue weighted by atomic mass is 9.76. The maximum absolute atomic E-state index is 12.9. The van der Waals surface area contributed by atoms with Crippen LogP contribution in [0, 0.1) is 12.3 Å². The van der Waals surface area contributed by atoms with Gasteiger partial charge < -0.3 is 9.64 Å². The van der Waals surface area contributed by atoms with Crippen LogP contribution in [0.4, 0.5) is 5.69 Å². The van der Waals surface area contributed by atoms with Gasteiger partial charge in [-0.05, 0) is 38.3 Å². The normalized spacial score (nSPS) is 23.7. The first-order valence-corrected chi connectivity index (χ1v) is 13.9. The highest BCUT2D eigenvalue weighted by Crippen LogP contribution is 2.44. The van der Waals surface area contributed by atoms with E-state index < -0.39 is 15.4 Å². The zero-order valence-electron chi connectivity index (χ0n) is 20.6. The summed E-state index contributed by atoms with van der Waals surface area (Å²) >= 11 is 0. The number of aromatic nitrogens is 2. The Bertz CT molecular complexity index is 1150. The van der Waals surface area contributed by atoms with Crippen molar-refractivity contribution >= 4 is 21.7 Å². The molecule has 0 aliphatic carbocycles. The molecule has 9 nitrogen and oxygen atoms in total. The van der Waals surface area contributed by atoms with Crippen LogP contribution in [0.3, 0.4) is 0 Å². The lowest BCUT2D eigenvalue weighted by molar-refractivity contribution is -0.150. The molecule has 3 saturated heterocycles. The number of aryl methyl sites for hydroxylation is 2. The quantitative estimate of drug-likeness (QED) is 0.560. The molecule has 1 unspecified atom stereocenters. The van der Waals surface area contributed by atoms with Crippen LogP contribution in [0.1, 0.15) is 31.2 Å². The van der Waals surface area contributed by atoms with Gasteiger partial charge in [-0.2, -0.15) is 9.40 Å². The molecule has 0 N–H and O–H groups in total. The third-order valence-corrected chi connectivity index (χ3v) is 9.71. The van der Waals surface area contributed by atoms with E-state index in [0.29, 0.717) is 32.4 Å². The minimum atomic E-state index is -3.58. The van der Waals surface area contributed by atoms with E-state index in [2.05, 4.69) is 46.1 Å². The summed E-state index contributed by atoms with van der Waals surface area (Å²) in [5.41, 5.74) is 2.01. The maximum atomic E-state index is 12.9. The standard InChI is InChI=1S/C25H35N5O4S/c1-20-3-5-21(6-4-20)29-15-13-28(14-16-29)10-7-22-17-25(24(31)34-22)8-11-30(12-9-25)35(32,33)23-18-26-27(2)19-23/h3-6,18-19,22H,7-17H2,1-2H3. The van der Waals surface area contributed by atoms with Crippen LogP contribution in [-0.4, -0.2) is 85.3 Å². The second-order valence-corrected chi connectivity index (χ2v) is 12.2. The van der Waals surface area contributed by atoms with E-state index in [-0.39, 0.29) is 17.0 Å². The van der Waals surface area contributed by atoms with Crippen molar-refractivity contribution in [3.8, 4) is 0 Å². The summed E-state index contributed by atoms with van der Waals surface area (Å²) in [5.74, 6) is -0.148. The van der Waals surface area contributed by atoms with E-state index in [1.165, 1.54) is 32.6 Å². The summed E-state index contributed by atoms with van der Waals surface area (Å²) in [5, 5.41) is 3.98. The number of benzene rings is 1. The van der Waals surface area contributed by atoms with Gasteiger partial charge in [0.15, 0.2) is 0 Å². The Hall–Kier alpha value is -2.43. The summed E-state index contributed by atoms with van der Waals surface area (Å²) in [4.78, 5) is 17.9. The van der Waals surface area contributed by atoms with Gasteiger partial charge in [-0.15, -0.1) is 0 Å². The monoisotopic (exact) mass is 501 g/mol. The van der Waals surface area contributed by atoms with Crippen molar-refractivity contribution < 1.29 is 17.9 Å². The van der Waals surface area contributed by atoms with Gasteiger partial charge in [0.05, 0.1) is 11.6 Å². The molecule has 0 amide bonds. The molecule has 0 radical (unpaired) electrons. The van der Waals surface area contributed by atoms with Crippen LogP contribution in [-0.2, 0) is 26.6 Å². The number of carbonyl (C=O) groups excluding carboxylic acids is 1. The first kappa shape index (κ1) is 24.3. The molecule has 1 aromatic carbocycles. The van der Waals surface area contributed by atoms with E-state index in [4.69, 9.17) is 4.74 Å². The van der Waals surface area contributed by atoms with Gasteiger partial charge in [0, 0.05) is 71.2 Å². The van der Waals surface area contributed by atoms with Crippen molar-refractivity contribution in [3.63, 3.8) is 0 Å². The zero-order valence-corrected chi connectivity index (χ0v) is 21.4. The predicted octanol–water partition coefficient (Wildman–Crippen LogP) is 2.03. The average Bonchev–Trinajstić information content (AvgIpc) is 3.43. The Morgan fingerprint density at radius 3 is 2.37 bits per heavy atom. The van der Waals surface area contributed by atoms with Crippen LogP contribution in [0.5, 0.6) is 0 Å². The SMILES string of the molecule is Cc1ccc(N2CCN(CCC3CC4(CCN(S(=O)(=O)c5cnn(C)c5)CC4)C(=O)O3)CC2)cc1. The van der Waals surface area contributed by atoms with Gasteiger partial charge in [0.25, 0.3) is 0 Å². The molecule has 5 rings (SSSR count). The average molecular weight is 502 g/mol. The van der Waals surface area contributed by atoms with E-state index in [0.717, 1.165) is 39.1 Å². The summed E-state index contributed by atoms with van der Waals surface area (Å²) in [6.45, 7) is 7.69. The van der Waals surface area contributed by atoms with Crippen molar-refractivity contribution in [1.82, 2.24) is 19.0 Å². The number of sulfonamides is 1. The number of piperidine rings is 1. The molecule has 1 aromatic heterocycles. The molecule has 1 atom stereocenters. The smallest absolute Gasteiger partial charge is 0.312 e. The highest BCUT2D eigenvalue weighted by Gasteiger charge is 2.51. The highest BCUT2D eigenvalue weighted by atomic mass is 32.2. The Kier molecular flexibility index (Phi) is 6.63. The Morgan fingerprint density at radius 1 is 1.06 bits per heavy atom. The number of hydrogen-bond acceptors (Lipinski definition) is 7. The van der Waals surface area contributed by atoms with Gasteiger partial charge in [-0.25, -0.2) is 8.42 Å². The van der Waals surface area contributed by atoms with E-state index in [1.54, 1.807) is 7.05 Å². The molecule has 3 aliphatic heterocycles. The Morgan fingerprint density at radius 2 is 1.74 bits per heavy atom. The lowest BCUT2D eigenvalue weighted by Gasteiger charge is -2.36. The number of piperazine rings is 1. The number of nitrogens with zero attached hydrogens (tertiary/aromatic N) is 5. The van der Waals surface area contributed by atoms with Crippen molar-refractivity contribution in [1.29, 1.82) is 0 Å². The fourth-order valence-corrected chi connectivity index (χ4v) is 6.98. The fraction of sp³-hybridized carbons (Fsp3) is 0.600. The molecule has 10 heteroatoms. The Labute approximate surface area is 207 Å². The van der Waals surface area contributed by atoms with Gasteiger partial charge >= 0.3 is 5.97 Å². The molecule has 1 spiro atoms. The number of carbonyl (C=O) groups is 1. The summed E-state index contributed by atoms with van der Waals surface area (Å²) in [6.07, 6.45) is 5.35. The maximum Gasteiger partial charge on any atom is 0.312 e. The molecular formula is C25H35N5O4S. The van der Waals surface area contributed by atoms with Crippen molar-refractivity contribution in [2.75, 3.05) is 50.7 Å². The summed E-state index contributed by atoms with van der Waals surface area (Å²) in [7, 11) is -1.89. The molecule has 3 fully saturated rings. The second-order valence-electron chi connectivity index (χ2n) is 10.2. The van der Waals surface area contributed by atoms with E-state index in [9.17, 15) is 13.2 Å². The van der Waals surface area contributed by atoms with Crippen LogP contribution in [0.2, 0.25) is 0 Å². The molecule has 0 saturated carbocycles. The van der Waals surface area contributed by atoms with Crippen molar-refractivity contribution in [3.05, 3.63) is 42.2 Å². The van der Waals surface area contributed by atoms with Crippen LogP contribution < -0.4 is 4.90 Å². The third kappa shape index (κ3) is 4.96. The molecule has 0 bridgehead atoms. The number of cyclic esters (lactones) is 1. The van der Waals surface area contributed by atoms with Gasteiger partial charge in [0.2, 0.25) is 10.0 Å². The molecular weight excluding hydrogens is 466 g/mol.